The van der Waals surface area contributed by atoms with Crippen LogP contribution in [0, 0.1) is 6.92 Å². The molecule has 6 heteroatoms. The van der Waals surface area contributed by atoms with Crippen molar-refractivity contribution < 1.29 is 18.7 Å². The molecule has 0 saturated carbocycles. The summed E-state index contributed by atoms with van der Waals surface area (Å²) in [5.41, 5.74) is 1.44. The first-order valence-corrected chi connectivity index (χ1v) is 8.58. The van der Waals surface area contributed by atoms with E-state index in [0.717, 1.165) is 5.56 Å². The van der Waals surface area contributed by atoms with Crippen LogP contribution in [0.25, 0.3) is 11.0 Å². The van der Waals surface area contributed by atoms with Gasteiger partial charge in [-0.3, -0.25) is 4.79 Å². The summed E-state index contributed by atoms with van der Waals surface area (Å²) in [4.78, 5) is 24.7. The first-order valence-electron chi connectivity index (χ1n) is 8.58. The number of carbonyl (C=O) groups excluding carboxylic acids is 1. The Hall–Kier alpha value is -3.28. The topological polar surface area (TPSA) is 77.8 Å². The van der Waals surface area contributed by atoms with Crippen molar-refractivity contribution in [1.82, 2.24) is 0 Å². The maximum Gasteiger partial charge on any atom is 0.337 e. The molecule has 0 spiro atoms. The lowest BCUT2D eigenvalue weighted by Crippen LogP contribution is -2.16. The Morgan fingerprint density at radius 2 is 1.81 bits per heavy atom. The zero-order chi connectivity index (χ0) is 19.6. The van der Waals surface area contributed by atoms with Crippen molar-refractivity contribution in [3.8, 4) is 11.5 Å². The van der Waals surface area contributed by atoms with E-state index in [-0.39, 0.29) is 11.7 Å². The van der Waals surface area contributed by atoms with Gasteiger partial charge in [-0.1, -0.05) is 0 Å². The maximum atomic E-state index is 12.8. The number of aryl methyl sites for hydroxylation is 1. The van der Waals surface area contributed by atoms with Gasteiger partial charge in [0.2, 0.25) is 0 Å². The van der Waals surface area contributed by atoms with Gasteiger partial charge in [0.15, 0.2) is 0 Å². The Labute approximate surface area is 156 Å². The molecule has 1 aromatic heterocycles. The first-order chi connectivity index (χ1) is 12.9. The molecule has 0 radical (unpaired) electrons. The van der Waals surface area contributed by atoms with Gasteiger partial charge in [-0.15, -0.1) is 0 Å². The second kappa shape index (κ2) is 7.53. The molecule has 0 aliphatic carbocycles. The minimum absolute atomic E-state index is 0.0151. The molecule has 0 atom stereocenters. The molecule has 1 N–H and O–H groups in total. The minimum Gasteiger partial charge on any atom is -0.497 e. The van der Waals surface area contributed by atoms with Crippen LogP contribution in [-0.4, -0.2) is 19.1 Å². The molecule has 0 saturated heterocycles. The van der Waals surface area contributed by atoms with E-state index in [9.17, 15) is 9.59 Å². The SMILES string of the molecule is COc1ccc(NC(=O)c2cc(=O)oc3cc(OC(C)C)ccc23)c(C)c1. The summed E-state index contributed by atoms with van der Waals surface area (Å²) in [6.45, 7) is 5.67. The van der Waals surface area contributed by atoms with Crippen LogP contribution in [0.5, 0.6) is 11.5 Å². The average molecular weight is 367 g/mol. The van der Waals surface area contributed by atoms with E-state index >= 15 is 0 Å². The summed E-state index contributed by atoms with van der Waals surface area (Å²) < 4.78 is 16.0. The van der Waals surface area contributed by atoms with Crippen LogP contribution in [0.3, 0.4) is 0 Å². The standard InChI is InChI=1S/C21H21NO5/c1-12(2)26-15-5-7-16-17(11-20(23)27-19(16)10-15)21(24)22-18-8-6-14(25-4)9-13(18)3/h5-12H,1-4H3,(H,22,24). The van der Waals surface area contributed by atoms with E-state index in [4.69, 9.17) is 13.9 Å². The highest BCUT2D eigenvalue weighted by Crippen LogP contribution is 2.25. The van der Waals surface area contributed by atoms with Gasteiger partial charge in [0.1, 0.15) is 17.1 Å². The predicted octanol–water partition coefficient (Wildman–Crippen LogP) is 4.15. The predicted molar refractivity (Wildman–Crippen MR) is 104 cm³/mol. The smallest absolute Gasteiger partial charge is 0.337 e. The largest absolute Gasteiger partial charge is 0.497 e. The Kier molecular flexibility index (Phi) is 5.16. The fourth-order valence-corrected chi connectivity index (χ4v) is 2.77. The van der Waals surface area contributed by atoms with Gasteiger partial charge in [0.05, 0.1) is 18.8 Å². The summed E-state index contributed by atoms with van der Waals surface area (Å²) in [7, 11) is 1.58. The molecule has 3 aromatic rings. The number of benzene rings is 2. The van der Waals surface area contributed by atoms with Crippen LogP contribution < -0.4 is 20.4 Å². The van der Waals surface area contributed by atoms with Crippen molar-refractivity contribution in [3.05, 3.63) is 64.0 Å². The number of hydrogen-bond donors (Lipinski definition) is 1. The molecular weight excluding hydrogens is 346 g/mol. The number of carbonyl (C=O) groups is 1. The van der Waals surface area contributed by atoms with Crippen LogP contribution in [0.4, 0.5) is 5.69 Å². The fourth-order valence-electron chi connectivity index (χ4n) is 2.77. The van der Waals surface area contributed by atoms with Gasteiger partial charge in [-0.05, 0) is 56.7 Å². The van der Waals surface area contributed by atoms with Crippen LogP contribution >= 0.6 is 0 Å². The summed E-state index contributed by atoms with van der Waals surface area (Å²) >= 11 is 0. The van der Waals surface area contributed by atoms with Crippen LogP contribution in [-0.2, 0) is 0 Å². The van der Waals surface area contributed by atoms with Crippen molar-refractivity contribution in [1.29, 1.82) is 0 Å². The first kappa shape index (κ1) is 18.5. The monoisotopic (exact) mass is 367 g/mol. The molecule has 27 heavy (non-hydrogen) atoms. The van der Waals surface area contributed by atoms with Crippen molar-refractivity contribution in [2.45, 2.75) is 26.9 Å². The molecule has 0 fully saturated rings. The highest BCUT2D eigenvalue weighted by molar-refractivity contribution is 6.12. The van der Waals surface area contributed by atoms with Gasteiger partial charge in [0, 0.05) is 23.2 Å². The van der Waals surface area contributed by atoms with Gasteiger partial charge in [0.25, 0.3) is 5.91 Å². The number of fused-ring (bicyclic) bond motifs is 1. The third kappa shape index (κ3) is 4.11. The number of anilines is 1. The Bertz CT molecular complexity index is 1050. The Balaban J connectivity index is 1.98. The maximum absolute atomic E-state index is 12.8. The van der Waals surface area contributed by atoms with Crippen LogP contribution in [0.15, 0.2) is 51.7 Å². The van der Waals surface area contributed by atoms with Crippen molar-refractivity contribution in [2.24, 2.45) is 0 Å². The normalized spacial score (nSPS) is 10.9. The van der Waals surface area contributed by atoms with Gasteiger partial charge in [-0.2, -0.15) is 0 Å². The molecule has 6 nitrogen and oxygen atoms in total. The molecule has 0 bridgehead atoms. The van der Waals surface area contributed by atoms with Crippen molar-refractivity contribution in [2.75, 3.05) is 12.4 Å². The second-order valence-corrected chi connectivity index (χ2v) is 6.44. The van der Waals surface area contributed by atoms with E-state index in [1.54, 1.807) is 37.4 Å². The number of methoxy groups -OCH3 is 1. The molecule has 140 valence electrons. The summed E-state index contributed by atoms with van der Waals surface area (Å²) in [5, 5.41) is 3.37. The highest BCUT2D eigenvalue weighted by atomic mass is 16.5. The number of ether oxygens (including phenoxy) is 2. The number of amides is 1. The molecule has 2 aromatic carbocycles. The summed E-state index contributed by atoms with van der Waals surface area (Å²) in [6.07, 6.45) is -0.0151. The number of nitrogens with one attached hydrogen (secondary N) is 1. The molecule has 0 aliphatic rings. The quantitative estimate of drug-likeness (QED) is 0.686. The molecule has 0 unspecified atom stereocenters. The lowest BCUT2D eigenvalue weighted by Gasteiger charge is -2.12. The highest BCUT2D eigenvalue weighted by Gasteiger charge is 2.15. The third-order valence-electron chi connectivity index (χ3n) is 4.01. The fraction of sp³-hybridized carbons (Fsp3) is 0.238. The van der Waals surface area contributed by atoms with Crippen LogP contribution in [0.1, 0.15) is 29.8 Å². The zero-order valence-electron chi connectivity index (χ0n) is 15.7. The summed E-state index contributed by atoms with van der Waals surface area (Å²) in [6, 6.07) is 11.6. The second-order valence-electron chi connectivity index (χ2n) is 6.44. The molecule has 0 aliphatic heterocycles. The molecular formula is C21H21NO5. The molecule has 1 heterocycles. The molecule has 3 rings (SSSR count). The van der Waals surface area contributed by atoms with Gasteiger partial charge >= 0.3 is 5.63 Å². The number of hydrogen-bond acceptors (Lipinski definition) is 5. The van der Waals surface area contributed by atoms with E-state index in [1.165, 1.54) is 6.07 Å². The van der Waals surface area contributed by atoms with Gasteiger partial charge in [-0.25, -0.2) is 4.79 Å². The zero-order valence-corrected chi connectivity index (χ0v) is 15.7. The summed E-state index contributed by atoms with van der Waals surface area (Å²) in [5.74, 6) is 0.886. The molecule has 1 amide bonds. The lowest BCUT2D eigenvalue weighted by molar-refractivity contribution is 0.102. The Morgan fingerprint density at radius 1 is 1.07 bits per heavy atom. The van der Waals surface area contributed by atoms with Gasteiger partial charge < -0.3 is 19.2 Å². The van der Waals surface area contributed by atoms with E-state index in [0.29, 0.717) is 28.2 Å². The van der Waals surface area contributed by atoms with E-state index < -0.39 is 11.5 Å². The van der Waals surface area contributed by atoms with Crippen LogP contribution in [0.2, 0.25) is 0 Å². The minimum atomic E-state index is -0.596. The Morgan fingerprint density at radius 3 is 2.48 bits per heavy atom. The van der Waals surface area contributed by atoms with Crippen molar-refractivity contribution >= 4 is 22.6 Å². The number of rotatable bonds is 5. The van der Waals surface area contributed by atoms with E-state index in [1.807, 2.05) is 26.8 Å². The lowest BCUT2D eigenvalue weighted by atomic mass is 10.1. The third-order valence-corrected chi connectivity index (χ3v) is 4.01. The van der Waals surface area contributed by atoms with E-state index in [2.05, 4.69) is 5.32 Å². The van der Waals surface area contributed by atoms with Crippen molar-refractivity contribution in [3.63, 3.8) is 0 Å². The average Bonchev–Trinajstić information content (AvgIpc) is 2.61.